The Balaban J connectivity index is 1.43. The zero-order valence-corrected chi connectivity index (χ0v) is 18.9. The molecule has 10 nitrogen and oxygen atoms in total. The van der Waals surface area contributed by atoms with Gasteiger partial charge in [0.25, 0.3) is 11.6 Å². The number of nitrogens with zero attached hydrogens (tertiary/aromatic N) is 2. The topological polar surface area (TPSA) is 129 Å². The minimum Gasteiger partial charge on any atom is -0.494 e. The van der Waals surface area contributed by atoms with Crippen LogP contribution in [0.1, 0.15) is 29.3 Å². The van der Waals surface area contributed by atoms with Crippen molar-refractivity contribution in [1.29, 1.82) is 0 Å². The first kappa shape index (κ1) is 24.9. The van der Waals surface area contributed by atoms with Gasteiger partial charge in [-0.2, -0.15) is 5.10 Å². The number of nitro groups is 1. The Morgan fingerprint density at radius 3 is 2.14 bits per heavy atom. The summed E-state index contributed by atoms with van der Waals surface area (Å²) >= 11 is 0. The number of non-ortho nitro benzene ring substituents is 1. The van der Waals surface area contributed by atoms with Crippen molar-refractivity contribution in [3.63, 3.8) is 0 Å². The van der Waals surface area contributed by atoms with Gasteiger partial charge in [0, 0.05) is 12.1 Å². The summed E-state index contributed by atoms with van der Waals surface area (Å²) in [5.41, 5.74) is 3.31. The number of nitro benzene ring substituents is 1. The lowest BCUT2D eigenvalue weighted by atomic mass is 10.2. The van der Waals surface area contributed by atoms with Crippen molar-refractivity contribution in [3.05, 3.63) is 94.0 Å². The molecule has 1 N–H and O–H groups in total. The molecule has 3 rings (SSSR count). The molecule has 0 aliphatic carbocycles. The molecule has 0 saturated heterocycles. The Bertz CT molecular complexity index is 1180. The minimum absolute atomic E-state index is 0.0706. The summed E-state index contributed by atoms with van der Waals surface area (Å²) in [6.07, 6.45) is 2.32. The highest BCUT2D eigenvalue weighted by atomic mass is 16.6. The van der Waals surface area contributed by atoms with Crippen molar-refractivity contribution in [2.75, 3.05) is 13.2 Å². The summed E-state index contributed by atoms with van der Waals surface area (Å²) in [7, 11) is 0. The van der Waals surface area contributed by atoms with Gasteiger partial charge in [-0.1, -0.05) is 6.92 Å². The van der Waals surface area contributed by atoms with E-state index in [4.69, 9.17) is 14.2 Å². The van der Waals surface area contributed by atoms with Crippen LogP contribution >= 0.6 is 0 Å². The second-order valence-corrected chi connectivity index (χ2v) is 7.16. The predicted octanol–water partition coefficient (Wildman–Crippen LogP) is 4.13. The fraction of sp³-hybridized carbons (Fsp3) is 0.160. The fourth-order valence-corrected chi connectivity index (χ4v) is 2.72. The van der Waals surface area contributed by atoms with Crippen LogP contribution in [0.25, 0.3) is 0 Å². The average molecular weight is 477 g/mol. The average Bonchev–Trinajstić information content (AvgIpc) is 2.87. The Labute approximate surface area is 201 Å². The molecule has 35 heavy (non-hydrogen) atoms. The maximum atomic E-state index is 12.3. The number of nitrogens with one attached hydrogen (secondary N) is 1. The van der Waals surface area contributed by atoms with Crippen molar-refractivity contribution in [3.8, 4) is 17.2 Å². The van der Waals surface area contributed by atoms with E-state index in [0.717, 1.165) is 6.42 Å². The molecule has 180 valence electrons. The van der Waals surface area contributed by atoms with Crippen LogP contribution < -0.4 is 19.6 Å². The van der Waals surface area contributed by atoms with Gasteiger partial charge in [0.1, 0.15) is 17.2 Å². The van der Waals surface area contributed by atoms with Gasteiger partial charge >= 0.3 is 5.97 Å². The second-order valence-electron chi connectivity index (χ2n) is 7.16. The summed E-state index contributed by atoms with van der Waals surface area (Å²) in [6, 6.07) is 18.7. The number of rotatable bonds is 11. The van der Waals surface area contributed by atoms with Gasteiger partial charge in [0.2, 0.25) is 0 Å². The number of carbonyl (C=O) groups excluding carboxylic acids is 2. The van der Waals surface area contributed by atoms with Crippen LogP contribution in [0, 0.1) is 10.1 Å². The van der Waals surface area contributed by atoms with E-state index < -0.39 is 16.8 Å². The maximum absolute atomic E-state index is 12.3. The molecular weight excluding hydrogens is 454 g/mol. The Hall–Kier alpha value is -4.73. The quantitative estimate of drug-likeness (QED) is 0.144. The molecule has 1 amide bonds. The van der Waals surface area contributed by atoms with Crippen LogP contribution in [0.2, 0.25) is 0 Å². The van der Waals surface area contributed by atoms with E-state index in [1.54, 1.807) is 48.5 Å². The minimum atomic E-state index is -0.523. The van der Waals surface area contributed by atoms with E-state index >= 15 is 0 Å². The first-order valence-electron chi connectivity index (χ1n) is 10.7. The van der Waals surface area contributed by atoms with Crippen LogP contribution in [0.3, 0.4) is 0 Å². The Kier molecular flexibility index (Phi) is 8.89. The van der Waals surface area contributed by atoms with E-state index in [1.807, 2.05) is 6.92 Å². The summed E-state index contributed by atoms with van der Waals surface area (Å²) in [5.74, 6) is 0.377. The third-order valence-corrected chi connectivity index (χ3v) is 4.47. The van der Waals surface area contributed by atoms with Gasteiger partial charge < -0.3 is 14.2 Å². The zero-order valence-electron chi connectivity index (χ0n) is 18.9. The highest BCUT2D eigenvalue weighted by molar-refractivity contribution is 5.91. The summed E-state index contributed by atoms with van der Waals surface area (Å²) in [6.45, 7) is 2.32. The molecule has 0 aliphatic heterocycles. The van der Waals surface area contributed by atoms with E-state index in [1.165, 1.54) is 30.5 Å². The number of hydrogen-bond acceptors (Lipinski definition) is 8. The van der Waals surface area contributed by atoms with Crippen LogP contribution in [0.4, 0.5) is 5.69 Å². The Morgan fingerprint density at radius 2 is 1.51 bits per heavy atom. The lowest BCUT2D eigenvalue weighted by Crippen LogP contribution is -2.24. The van der Waals surface area contributed by atoms with Crippen LogP contribution in [-0.4, -0.2) is 36.2 Å². The molecule has 0 saturated carbocycles. The number of carbonyl (C=O) groups is 2. The third kappa shape index (κ3) is 7.97. The van der Waals surface area contributed by atoms with Crippen LogP contribution in [-0.2, 0) is 4.79 Å². The standard InChI is InChI=1S/C25H23N3O7/c1-2-15-33-21-11-5-19(6-12-21)25(30)35-23-9-3-18(4-10-23)16-26-27-24(29)17-34-22-13-7-20(8-14-22)28(31)32/h3-14,16H,2,15,17H2,1H3,(H,27,29)/b26-16-. The lowest BCUT2D eigenvalue weighted by molar-refractivity contribution is -0.384. The monoisotopic (exact) mass is 477 g/mol. The second kappa shape index (κ2) is 12.5. The van der Waals surface area contributed by atoms with E-state index in [0.29, 0.717) is 35.0 Å². The molecule has 0 spiro atoms. The molecule has 0 aliphatic rings. The number of hydrogen-bond donors (Lipinski definition) is 1. The maximum Gasteiger partial charge on any atom is 0.343 e. The molecule has 0 atom stereocenters. The molecule has 0 bridgehead atoms. The highest BCUT2D eigenvalue weighted by Crippen LogP contribution is 2.18. The van der Waals surface area contributed by atoms with Gasteiger partial charge in [-0.25, -0.2) is 10.2 Å². The molecule has 10 heteroatoms. The number of esters is 1. The van der Waals surface area contributed by atoms with Crippen LogP contribution in [0.5, 0.6) is 17.2 Å². The molecule has 3 aromatic carbocycles. The van der Waals surface area contributed by atoms with E-state index in [2.05, 4.69) is 10.5 Å². The highest BCUT2D eigenvalue weighted by Gasteiger charge is 2.09. The summed E-state index contributed by atoms with van der Waals surface area (Å²) in [4.78, 5) is 34.3. The van der Waals surface area contributed by atoms with Crippen molar-refractivity contribution in [2.24, 2.45) is 5.10 Å². The largest absolute Gasteiger partial charge is 0.494 e. The summed E-state index contributed by atoms with van der Waals surface area (Å²) in [5, 5.41) is 14.5. The van der Waals surface area contributed by atoms with Crippen molar-refractivity contribution < 1.29 is 28.7 Å². The number of amides is 1. The van der Waals surface area contributed by atoms with E-state index in [-0.39, 0.29) is 12.3 Å². The predicted molar refractivity (Wildman–Crippen MR) is 128 cm³/mol. The molecule has 0 fully saturated rings. The molecule has 0 aromatic heterocycles. The van der Waals surface area contributed by atoms with E-state index in [9.17, 15) is 19.7 Å². The third-order valence-electron chi connectivity index (χ3n) is 4.47. The molecule has 0 heterocycles. The summed E-state index contributed by atoms with van der Waals surface area (Å²) < 4.78 is 16.1. The first-order chi connectivity index (χ1) is 16.9. The molecule has 0 unspecified atom stereocenters. The zero-order chi connectivity index (χ0) is 25.0. The number of hydrazone groups is 1. The van der Waals surface area contributed by atoms with Crippen molar-refractivity contribution in [2.45, 2.75) is 13.3 Å². The number of benzene rings is 3. The van der Waals surface area contributed by atoms with Gasteiger partial charge in [0.15, 0.2) is 6.61 Å². The Morgan fingerprint density at radius 1 is 0.914 bits per heavy atom. The van der Waals surface area contributed by atoms with Gasteiger partial charge in [-0.3, -0.25) is 14.9 Å². The first-order valence-corrected chi connectivity index (χ1v) is 10.7. The normalized spacial score (nSPS) is 10.5. The van der Waals surface area contributed by atoms with Crippen LogP contribution in [0.15, 0.2) is 77.9 Å². The van der Waals surface area contributed by atoms with Gasteiger partial charge in [-0.15, -0.1) is 0 Å². The molecule has 0 radical (unpaired) electrons. The SMILES string of the molecule is CCCOc1ccc(C(=O)Oc2ccc(/C=N\NC(=O)COc3ccc([N+](=O)[O-])cc3)cc2)cc1. The van der Waals surface area contributed by atoms with Crippen molar-refractivity contribution in [1.82, 2.24) is 5.43 Å². The molecular formula is C25H23N3O7. The lowest BCUT2D eigenvalue weighted by Gasteiger charge is -2.07. The van der Waals surface area contributed by atoms with Gasteiger partial charge in [0.05, 0.1) is 23.3 Å². The van der Waals surface area contributed by atoms with Gasteiger partial charge in [-0.05, 0) is 72.6 Å². The fourth-order valence-electron chi connectivity index (χ4n) is 2.72. The van der Waals surface area contributed by atoms with Crippen molar-refractivity contribution >= 4 is 23.8 Å². The smallest absolute Gasteiger partial charge is 0.343 e. The number of ether oxygens (including phenoxy) is 3. The molecule has 3 aromatic rings.